The van der Waals surface area contributed by atoms with E-state index in [4.69, 9.17) is 4.74 Å². The van der Waals surface area contributed by atoms with Gasteiger partial charge in [-0.05, 0) is 37.8 Å². The first-order valence-electron chi connectivity index (χ1n) is 7.01. The zero-order valence-electron chi connectivity index (χ0n) is 11.8. The van der Waals surface area contributed by atoms with E-state index in [9.17, 15) is 9.90 Å². The normalized spacial score (nSPS) is 15.7. The molecule has 0 spiro atoms. The number of hydrogen-bond donors (Lipinski definition) is 3. The van der Waals surface area contributed by atoms with Gasteiger partial charge in [0.15, 0.2) is 0 Å². The second kappa shape index (κ2) is 7.26. The fourth-order valence-corrected chi connectivity index (χ4v) is 1.74. The van der Waals surface area contributed by atoms with Gasteiger partial charge in [-0.1, -0.05) is 17.7 Å². The van der Waals surface area contributed by atoms with Gasteiger partial charge in [0.25, 0.3) is 0 Å². The molecule has 1 aromatic carbocycles. The lowest BCUT2D eigenvalue weighted by molar-refractivity contribution is 0.0339. The molecule has 0 unspecified atom stereocenters. The molecule has 0 heterocycles. The summed E-state index contributed by atoms with van der Waals surface area (Å²) in [6.07, 6.45) is 1.79. The van der Waals surface area contributed by atoms with Crippen molar-refractivity contribution in [2.75, 3.05) is 25.1 Å². The molecule has 1 atom stereocenters. The van der Waals surface area contributed by atoms with Gasteiger partial charge in [0.1, 0.15) is 0 Å². The lowest BCUT2D eigenvalue weighted by atomic mass is 10.2. The van der Waals surface area contributed by atoms with Crippen LogP contribution in [0.5, 0.6) is 0 Å². The van der Waals surface area contributed by atoms with Gasteiger partial charge in [0.05, 0.1) is 12.7 Å². The van der Waals surface area contributed by atoms with E-state index in [0.717, 1.165) is 11.3 Å². The standard InChI is InChI=1S/C15H22N2O3/c1-11-2-6-13(7-3-11)17-15(19)16-8-14(18)10-20-9-12-4-5-12/h2-3,6-7,12,14,18H,4-5,8-10H2,1H3,(H2,16,17,19)/t14-/m1/s1. The molecule has 0 aromatic heterocycles. The summed E-state index contributed by atoms with van der Waals surface area (Å²) < 4.78 is 5.36. The molecule has 110 valence electrons. The van der Waals surface area contributed by atoms with Crippen molar-refractivity contribution in [2.45, 2.75) is 25.9 Å². The predicted octanol–water partition coefficient (Wildman–Crippen LogP) is 1.90. The average molecular weight is 278 g/mol. The van der Waals surface area contributed by atoms with Crippen molar-refractivity contribution in [1.82, 2.24) is 5.32 Å². The Kier molecular flexibility index (Phi) is 5.38. The number of amides is 2. The molecule has 0 aliphatic heterocycles. The van der Waals surface area contributed by atoms with E-state index in [2.05, 4.69) is 10.6 Å². The molecule has 3 N–H and O–H groups in total. The van der Waals surface area contributed by atoms with Crippen molar-refractivity contribution < 1.29 is 14.6 Å². The van der Waals surface area contributed by atoms with Crippen molar-refractivity contribution in [3.8, 4) is 0 Å². The van der Waals surface area contributed by atoms with Gasteiger partial charge in [-0.2, -0.15) is 0 Å². The summed E-state index contributed by atoms with van der Waals surface area (Å²) >= 11 is 0. The summed E-state index contributed by atoms with van der Waals surface area (Å²) in [6, 6.07) is 7.20. The van der Waals surface area contributed by atoms with Crippen LogP contribution in [0.25, 0.3) is 0 Å². The molecule has 0 bridgehead atoms. The van der Waals surface area contributed by atoms with Crippen LogP contribution < -0.4 is 10.6 Å². The van der Waals surface area contributed by atoms with Gasteiger partial charge in [-0.25, -0.2) is 4.79 Å². The lowest BCUT2D eigenvalue weighted by Gasteiger charge is -2.13. The molecule has 2 rings (SSSR count). The van der Waals surface area contributed by atoms with E-state index in [1.165, 1.54) is 12.8 Å². The monoisotopic (exact) mass is 278 g/mol. The van der Waals surface area contributed by atoms with Crippen LogP contribution in [0, 0.1) is 12.8 Å². The summed E-state index contributed by atoms with van der Waals surface area (Å²) in [5.74, 6) is 0.681. The summed E-state index contributed by atoms with van der Waals surface area (Å²) in [7, 11) is 0. The highest BCUT2D eigenvalue weighted by atomic mass is 16.5. The Bertz CT molecular complexity index is 429. The minimum atomic E-state index is -0.669. The molecular weight excluding hydrogens is 256 g/mol. The molecule has 0 radical (unpaired) electrons. The molecule has 5 nitrogen and oxygen atoms in total. The molecule has 20 heavy (non-hydrogen) atoms. The number of aryl methyl sites for hydroxylation is 1. The molecule has 0 saturated heterocycles. The Labute approximate surface area is 119 Å². The van der Waals surface area contributed by atoms with E-state index in [1.54, 1.807) is 0 Å². The third kappa shape index (κ3) is 5.59. The van der Waals surface area contributed by atoms with Crippen molar-refractivity contribution in [3.63, 3.8) is 0 Å². The number of anilines is 1. The highest BCUT2D eigenvalue weighted by molar-refractivity contribution is 5.89. The quantitative estimate of drug-likeness (QED) is 0.713. The number of ether oxygens (including phenoxy) is 1. The third-order valence-corrected chi connectivity index (χ3v) is 3.17. The number of nitrogens with one attached hydrogen (secondary N) is 2. The van der Waals surface area contributed by atoms with Crippen molar-refractivity contribution in [2.24, 2.45) is 5.92 Å². The molecule has 1 aliphatic rings. The van der Waals surface area contributed by atoms with Gasteiger partial charge >= 0.3 is 6.03 Å². The van der Waals surface area contributed by atoms with E-state index in [-0.39, 0.29) is 19.2 Å². The number of benzene rings is 1. The Morgan fingerprint density at radius 1 is 1.40 bits per heavy atom. The van der Waals surface area contributed by atoms with Crippen LogP contribution in [0.4, 0.5) is 10.5 Å². The smallest absolute Gasteiger partial charge is 0.319 e. The number of urea groups is 1. The number of aliphatic hydroxyl groups is 1. The van der Waals surface area contributed by atoms with Crippen LogP contribution >= 0.6 is 0 Å². The van der Waals surface area contributed by atoms with Crippen LogP contribution in [0.3, 0.4) is 0 Å². The Hall–Kier alpha value is -1.59. The Morgan fingerprint density at radius 3 is 2.75 bits per heavy atom. The maximum atomic E-state index is 11.6. The molecule has 2 amide bonds. The van der Waals surface area contributed by atoms with Gasteiger partial charge in [-0.15, -0.1) is 0 Å². The first-order chi connectivity index (χ1) is 9.63. The van der Waals surface area contributed by atoms with Crippen molar-refractivity contribution in [1.29, 1.82) is 0 Å². The number of hydrogen-bond acceptors (Lipinski definition) is 3. The van der Waals surface area contributed by atoms with Gasteiger partial charge in [-0.3, -0.25) is 0 Å². The molecule has 5 heteroatoms. The summed E-state index contributed by atoms with van der Waals surface area (Å²) in [5.41, 5.74) is 1.87. The summed E-state index contributed by atoms with van der Waals surface area (Å²) in [6.45, 7) is 3.15. The molecule has 1 aromatic rings. The van der Waals surface area contributed by atoms with Crippen LogP contribution in [0.15, 0.2) is 24.3 Å². The fourth-order valence-electron chi connectivity index (χ4n) is 1.74. The maximum absolute atomic E-state index is 11.6. The average Bonchev–Trinajstić information content (AvgIpc) is 3.23. The van der Waals surface area contributed by atoms with E-state index >= 15 is 0 Å². The fraction of sp³-hybridized carbons (Fsp3) is 0.533. The lowest BCUT2D eigenvalue weighted by Crippen LogP contribution is -2.37. The highest BCUT2D eigenvalue weighted by Crippen LogP contribution is 2.28. The SMILES string of the molecule is Cc1ccc(NC(=O)NC[C@@H](O)COCC2CC2)cc1. The number of carbonyl (C=O) groups is 1. The van der Waals surface area contributed by atoms with E-state index in [1.807, 2.05) is 31.2 Å². The highest BCUT2D eigenvalue weighted by Gasteiger charge is 2.21. The maximum Gasteiger partial charge on any atom is 0.319 e. The second-order valence-corrected chi connectivity index (χ2v) is 5.34. The number of rotatable bonds is 7. The van der Waals surface area contributed by atoms with Gasteiger partial charge < -0.3 is 20.5 Å². The zero-order valence-corrected chi connectivity index (χ0v) is 11.8. The van der Waals surface area contributed by atoms with Crippen LogP contribution in [-0.4, -0.2) is 37.0 Å². The largest absolute Gasteiger partial charge is 0.389 e. The summed E-state index contributed by atoms with van der Waals surface area (Å²) in [5, 5.41) is 15.0. The molecule has 1 fully saturated rings. The zero-order chi connectivity index (χ0) is 14.4. The van der Waals surface area contributed by atoms with Gasteiger partial charge in [0.2, 0.25) is 0 Å². The van der Waals surface area contributed by atoms with Crippen LogP contribution in [-0.2, 0) is 4.74 Å². The Balaban J connectivity index is 1.59. The van der Waals surface area contributed by atoms with Gasteiger partial charge in [0, 0.05) is 18.8 Å². The first-order valence-corrected chi connectivity index (χ1v) is 7.01. The number of carbonyl (C=O) groups excluding carboxylic acids is 1. The van der Waals surface area contributed by atoms with Crippen LogP contribution in [0.2, 0.25) is 0 Å². The molecule has 1 aliphatic carbocycles. The van der Waals surface area contributed by atoms with E-state index < -0.39 is 6.10 Å². The van der Waals surface area contributed by atoms with E-state index in [0.29, 0.717) is 12.5 Å². The first kappa shape index (κ1) is 14.8. The summed E-state index contributed by atoms with van der Waals surface area (Å²) in [4.78, 5) is 11.6. The number of aliphatic hydroxyl groups excluding tert-OH is 1. The Morgan fingerprint density at radius 2 is 2.10 bits per heavy atom. The molecular formula is C15H22N2O3. The molecule has 1 saturated carbocycles. The van der Waals surface area contributed by atoms with Crippen molar-refractivity contribution in [3.05, 3.63) is 29.8 Å². The van der Waals surface area contributed by atoms with Crippen LogP contribution in [0.1, 0.15) is 18.4 Å². The predicted molar refractivity (Wildman–Crippen MR) is 77.8 cm³/mol. The minimum absolute atomic E-state index is 0.183. The van der Waals surface area contributed by atoms with Crippen molar-refractivity contribution >= 4 is 11.7 Å². The minimum Gasteiger partial charge on any atom is -0.389 e. The third-order valence-electron chi connectivity index (χ3n) is 3.17. The topological polar surface area (TPSA) is 70.6 Å². The second-order valence-electron chi connectivity index (χ2n) is 5.34.